The van der Waals surface area contributed by atoms with Gasteiger partial charge in [0.1, 0.15) is 84.1 Å². The van der Waals surface area contributed by atoms with Crippen LogP contribution >= 0.6 is 0 Å². The number of benzene rings is 8. The number of para-hydroxylation sites is 3. The number of hydrogen-bond acceptors (Lipinski definition) is 20. The van der Waals surface area contributed by atoms with Crippen molar-refractivity contribution in [3.63, 3.8) is 0 Å². The van der Waals surface area contributed by atoms with Gasteiger partial charge in [0.2, 0.25) is 11.8 Å². The lowest BCUT2D eigenvalue weighted by Crippen LogP contribution is -2.62. The van der Waals surface area contributed by atoms with Crippen molar-refractivity contribution in [1.82, 2.24) is 24.5 Å². The number of likely N-dealkylation sites (tertiary alicyclic amines) is 2. The summed E-state index contributed by atoms with van der Waals surface area (Å²) in [7, 11) is 20.0. The van der Waals surface area contributed by atoms with Gasteiger partial charge >= 0.3 is 23.9 Å². The van der Waals surface area contributed by atoms with Crippen molar-refractivity contribution in [2.24, 2.45) is 11.8 Å². The summed E-state index contributed by atoms with van der Waals surface area (Å²) >= 11 is 0. The smallest absolute Gasteiger partial charge is 0.306 e. The minimum atomic E-state index is -1.03. The molecule has 9 atom stereocenters. The van der Waals surface area contributed by atoms with Crippen LogP contribution in [0.5, 0.6) is 46.0 Å². The lowest BCUT2D eigenvalue weighted by molar-refractivity contribution is -0.154. The largest absolute Gasteiger partial charge is 0.497 e. The molecule has 1 N–H and O–H groups in total. The first-order valence-corrected chi connectivity index (χ1v) is 46.1. The van der Waals surface area contributed by atoms with E-state index in [4.69, 9.17) is 57.2 Å². The summed E-state index contributed by atoms with van der Waals surface area (Å²) in [5.41, 5.74) is 12.6. The second-order valence-corrected chi connectivity index (χ2v) is 36.1. The molecule has 1 unspecified atom stereocenters. The summed E-state index contributed by atoms with van der Waals surface area (Å²) in [5, 5.41) is 8.74. The number of carboxylic acid groups (broad SMARTS) is 1. The van der Waals surface area contributed by atoms with Gasteiger partial charge in [0.05, 0.1) is 61.2 Å². The van der Waals surface area contributed by atoms with Gasteiger partial charge in [-0.05, 0) is 279 Å². The summed E-state index contributed by atoms with van der Waals surface area (Å²) in [6.45, 7) is 3.64. The number of aryl methyl sites for hydroxylation is 6. The predicted octanol–water partition coefficient (Wildman–Crippen LogP) is 16.0. The number of hydrogen-bond donors (Lipinski definition) is 1. The van der Waals surface area contributed by atoms with Gasteiger partial charge < -0.3 is 81.7 Å². The van der Waals surface area contributed by atoms with Crippen molar-refractivity contribution in [3.05, 3.63) is 238 Å². The Bertz CT molecular complexity index is 4780. The third-order valence-corrected chi connectivity index (χ3v) is 26.6. The number of methoxy groups -OCH3 is 5. The zero-order valence-electron chi connectivity index (χ0n) is 77.6. The van der Waals surface area contributed by atoms with Gasteiger partial charge in [-0.25, -0.2) is 0 Å². The number of piperidine rings is 2. The van der Waals surface area contributed by atoms with E-state index < -0.39 is 30.3 Å². The Kier molecular flexibility index (Phi) is 35.6. The fourth-order valence-electron chi connectivity index (χ4n) is 20.5. The molecule has 2 saturated heterocycles. The van der Waals surface area contributed by atoms with Crippen LogP contribution < -0.4 is 37.9 Å². The van der Waals surface area contributed by atoms with Crippen LogP contribution in [0.15, 0.2) is 182 Å². The molecule has 6 aliphatic rings. The van der Waals surface area contributed by atoms with Gasteiger partial charge in [0.25, 0.3) is 0 Å². The lowest BCUT2D eigenvalue weighted by Gasteiger charge is -2.59. The van der Waals surface area contributed by atoms with E-state index in [1.165, 1.54) is 77.5 Å². The minimum absolute atomic E-state index is 0.0588. The first kappa shape index (κ1) is 96.9. The molecule has 8 aromatic carbocycles. The number of nitrogens with zero attached hydrogens (tertiary/aromatic N) is 5. The number of carboxylic acids is 1. The average molecular weight is 1770 g/mol. The van der Waals surface area contributed by atoms with E-state index in [1.807, 2.05) is 172 Å². The topological polar surface area (TPSA) is 240 Å². The number of fused-ring (bicyclic) bond motifs is 2. The van der Waals surface area contributed by atoms with Crippen LogP contribution in [0, 0.1) is 11.8 Å². The van der Waals surface area contributed by atoms with Crippen molar-refractivity contribution < 1.29 is 86.0 Å². The molecule has 8 aromatic rings. The quantitative estimate of drug-likeness (QED) is 0.0277. The highest BCUT2D eigenvalue weighted by atomic mass is 16.6. The maximum absolute atomic E-state index is 13.8. The van der Waals surface area contributed by atoms with Gasteiger partial charge in [-0.2, -0.15) is 0 Å². The maximum Gasteiger partial charge on any atom is 0.306 e. The molecule has 129 heavy (non-hydrogen) atoms. The number of rotatable bonds is 41. The Morgan fingerprint density at radius 3 is 1.02 bits per heavy atom. The van der Waals surface area contributed by atoms with Crippen molar-refractivity contribution in [2.45, 2.75) is 195 Å². The van der Waals surface area contributed by atoms with Crippen molar-refractivity contribution in [2.75, 3.05) is 130 Å². The summed E-state index contributed by atoms with van der Waals surface area (Å²) in [5.74, 6) is 5.41. The van der Waals surface area contributed by atoms with E-state index in [-0.39, 0.29) is 105 Å². The van der Waals surface area contributed by atoms with Crippen LogP contribution in [-0.2, 0) is 105 Å². The molecule has 0 radical (unpaired) electrons. The highest BCUT2D eigenvalue weighted by Crippen LogP contribution is 2.58. The SMILES string of the molecule is COc1cccc(CCc2ccccc2OCC(CN(C)C)OC(=O)CCC(=O)O)c1.COc1cccc(CCc2ccccc2OC[C@@H](CN(C)C)OC(=O)CCC(=O)N2CC[C@@]34CCCC[C@@H]3[C@@H]2Cc2ccc(OC)cc24)c1.COc1cccc(CCc2ccccc2OC[C@H](CN(C)C)OC(=O)CCC(=O)N2CC[C@@]34CCCC[C@@H]3[C@@H]2Cc2ccc(OC)cc24)c1. The van der Waals surface area contributed by atoms with Crippen LogP contribution in [0.25, 0.3) is 0 Å². The number of carbonyl (C=O) groups is 6. The van der Waals surface area contributed by atoms with Gasteiger partial charge in [-0.1, -0.05) is 129 Å². The minimum Gasteiger partial charge on any atom is -0.497 e. The number of amides is 2. The van der Waals surface area contributed by atoms with Crippen LogP contribution in [0.3, 0.4) is 0 Å². The van der Waals surface area contributed by atoms with E-state index in [0.717, 1.165) is 153 Å². The number of likely N-dealkylation sites (N-methyl/N-ethyl adjacent to an activating group) is 3. The van der Waals surface area contributed by atoms with E-state index in [0.29, 0.717) is 31.5 Å². The number of carbonyl (C=O) groups excluding carboxylic acids is 5. The molecule has 2 amide bonds. The molecule has 4 bridgehead atoms. The highest BCUT2D eigenvalue weighted by molar-refractivity contribution is 5.83. The summed E-state index contributed by atoms with van der Waals surface area (Å²) < 4.78 is 63.2. The maximum atomic E-state index is 13.8. The normalized spacial score (nSPS) is 19.3. The fourth-order valence-corrected chi connectivity index (χ4v) is 20.5. The van der Waals surface area contributed by atoms with E-state index in [9.17, 15) is 28.8 Å². The molecule has 23 nitrogen and oxygen atoms in total. The van der Waals surface area contributed by atoms with Crippen LogP contribution in [0.4, 0.5) is 0 Å². The molecule has 4 aliphatic carbocycles. The van der Waals surface area contributed by atoms with E-state index in [2.05, 4.69) is 76.5 Å². The molecular weight excluding hydrogens is 1630 g/mol. The summed E-state index contributed by atoms with van der Waals surface area (Å²) in [6.07, 6.45) is 16.7. The molecule has 4 fully saturated rings. The van der Waals surface area contributed by atoms with Crippen molar-refractivity contribution in [3.8, 4) is 46.0 Å². The van der Waals surface area contributed by atoms with Crippen LogP contribution in [0.2, 0.25) is 0 Å². The van der Waals surface area contributed by atoms with Gasteiger partial charge in [0, 0.05) is 68.5 Å². The van der Waals surface area contributed by atoms with Crippen molar-refractivity contribution >= 4 is 35.7 Å². The monoisotopic (exact) mass is 1770 g/mol. The Morgan fingerprint density at radius 1 is 0.372 bits per heavy atom. The Morgan fingerprint density at radius 2 is 0.698 bits per heavy atom. The average Bonchev–Trinajstić information content (AvgIpc) is 0.717. The number of aliphatic carboxylic acids is 1. The fraction of sp³-hybridized carbons (Fsp3) is 0.491. The number of esters is 3. The van der Waals surface area contributed by atoms with Gasteiger partial charge in [-0.15, -0.1) is 0 Å². The first-order chi connectivity index (χ1) is 62.4. The van der Waals surface area contributed by atoms with Crippen LogP contribution in [-0.4, -0.2) is 226 Å². The third kappa shape index (κ3) is 26.6. The zero-order chi connectivity index (χ0) is 91.4. The van der Waals surface area contributed by atoms with Gasteiger partial charge in [-0.3, -0.25) is 28.8 Å². The summed E-state index contributed by atoms with van der Waals surface area (Å²) in [4.78, 5) is 86.6. The Hall–Kier alpha value is -11.1. The molecule has 2 heterocycles. The second-order valence-electron chi connectivity index (χ2n) is 36.1. The molecule has 0 spiro atoms. The van der Waals surface area contributed by atoms with E-state index >= 15 is 0 Å². The third-order valence-electron chi connectivity index (χ3n) is 26.6. The molecule has 692 valence electrons. The lowest BCUT2D eigenvalue weighted by atomic mass is 9.52. The van der Waals surface area contributed by atoms with Crippen molar-refractivity contribution in [1.29, 1.82) is 0 Å². The molecule has 2 saturated carbocycles. The standard InChI is InChI=1S/2C41H52N2O6.C24H31NO6/c2*1-42(2)27-34(28-48-38-14-6-5-11-30(38)16-15-29-10-9-12-32(24-29)46-3)49-40(45)20-19-39(44)43-23-22-41-21-8-7-13-35(41)37(43)25-31-17-18-33(47-4)26-36(31)41;1-25(2)16-21(31-24(28)14-13-23(26)27)17-30-22-10-5-4-8-19(22)12-11-18-7-6-9-20(15-18)29-3/h2*5-6,9-12,14,17-18,24,26,34-35,37H,7-8,13,15-16,19-23,25,27-28H2,1-4H3;4-10,15,21H,11-14,16-17H2,1-3H3,(H,26,27)/t34-,35+,37-,41-;34-,35-,37+,41+;/m01./s1. The van der Waals surface area contributed by atoms with Crippen LogP contribution in [0.1, 0.15) is 158 Å². The molecule has 2 aliphatic heterocycles. The zero-order valence-corrected chi connectivity index (χ0v) is 77.6. The Labute approximate surface area is 763 Å². The Balaban J connectivity index is 0.000000181. The predicted molar refractivity (Wildman–Crippen MR) is 499 cm³/mol. The molecule has 0 aromatic heterocycles. The first-order valence-electron chi connectivity index (χ1n) is 46.1. The van der Waals surface area contributed by atoms with Gasteiger partial charge in [0.15, 0.2) is 0 Å². The second kappa shape index (κ2) is 47.4. The number of ether oxygens (including phenoxy) is 11. The highest BCUT2D eigenvalue weighted by Gasteiger charge is 2.56. The molecular formula is C106H135N5O18. The van der Waals surface area contributed by atoms with E-state index in [1.54, 1.807) is 35.5 Å². The molecule has 23 heteroatoms. The molecule has 14 rings (SSSR count). The summed E-state index contributed by atoms with van der Waals surface area (Å²) in [6, 6.07) is 61.4.